The molecule has 0 bridgehead atoms. The Balaban J connectivity index is 1.94. The van der Waals surface area contributed by atoms with E-state index in [2.05, 4.69) is 40.8 Å². The largest absolute Gasteiger partial charge is 0.392 e. The average molecular weight is 292 g/mol. The predicted octanol–water partition coefficient (Wildman–Crippen LogP) is 1.97. The van der Waals surface area contributed by atoms with Crippen molar-refractivity contribution in [2.24, 2.45) is 5.73 Å². The van der Waals surface area contributed by atoms with Crippen LogP contribution in [0.4, 0.5) is 5.82 Å². The second-order valence-electron chi connectivity index (χ2n) is 5.42. The number of nitrogens with zero attached hydrogens (tertiary/aromatic N) is 3. The molecule has 20 heavy (non-hydrogen) atoms. The van der Waals surface area contributed by atoms with Crippen molar-refractivity contribution < 1.29 is 0 Å². The van der Waals surface area contributed by atoms with Crippen molar-refractivity contribution in [3.63, 3.8) is 0 Å². The lowest BCUT2D eigenvalue weighted by Crippen LogP contribution is -2.53. The molecule has 0 saturated carbocycles. The molecule has 2 heterocycles. The van der Waals surface area contributed by atoms with Gasteiger partial charge in [0.1, 0.15) is 5.82 Å². The Morgan fingerprint density at radius 3 is 2.55 bits per heavy atom. The highest BCUT2D eigenvalue weighted by molar-refractivity contribution is 7.80. The SMILES string of the molecule is CCCC(C(N)=S)N1CCN(c2ccc(C)cn2)CC1. The minimum Gasteiger partial charge on any atom is -0.392 e. The van der Waals surface area contributed by atoms with Crippen molar-refractivity contribution in [2.45, 2.75) is 32.7 Å². The van der Waals surface area contributed by atoms with E-state index in [1.807, 2.05) is 6.20 Å². The van der Waals surface area contributed by atoms with E-state index < -0.39 is 0 Å². The fraction of sp³-hybridized carbons (Fsp3) is 0.600. The van der Waals surface area contributed by atoms with Gasteiger partial charge in [0.05, 0.1) is 11.0 Å². The van der Waals surface area contributed by atoms with E-state index in [4.69, 9.17) is 18.0 Å². The number of nitrogens with two attached hydrogens (primary N) is 1. The van der Waals surface area contributed by atoms with Crippen LogP contribution >= 0.6 is 12.2 Å². The number of anilines is 1. The number of thiocarbonyl (C=S) groups is 1. The summed E-state index contributed by atoms with van der Waals surface area (Å²) in [6.45, 7) is 8.21. The van der Waals surface area contributed by atoms with Crippen LogP contribution in [0.25, 0.3) is 0 Å². The summed E-state index contributed by atoms with van der Waals surface area (Å²) < 4.78 is 0. The molecular formula is C15H24N4S. The second-order valence-corrected chi connectivity index (χ2v) is 5.90. The van der Waals surface area contributed by atoms with Crippen molar-refractivity contribution in [3.05, 3.63) is 23.9 Å². The van der Waals surface area contributed by atoms with Gasteiger partial charge in [-0.2, -0.15) is 0 Å². The van der Waals surface area contributed by atoms with Crippen LogP contribution < -0.4 is 10.6 Å². The van der Waals surface area contributed by atoms with Crippen molar-refractivity contribution in [1.29, 1.82) is 0 Å². The van der Waals surface area contributed by atoms with Gasteiger partial charge in [-0.1, -0.05) is 31.6 Å². The zero-order valence-electron chi connectivity index (χ0n) is 12.4. The Morgan fingerprint density at radius 1 is 1.35 bits per heavy atom. The molecule has 1 unspecified atom stereocenters. The molecule has 5 heteroatoms. The van der Waals surface area contributed by atoms with Crippen LogP contribution in [0.5, 0.6) is 0 Å². The molecule has 2 N–H and O–H groups in total. The van der Waals surface area contributed by atoms with Gasteiger partial charge in [-0.25, -0.2) is 4.98 Å². The van der Waals surface area contributed by atoms with Gasteiger partial charge in [0, 0.05) is 32.4 Å². The van der Waals surface area contributed by atoms with Crippen molar-refractivity contribution in [2.75, 3.05) is 31.1 Å². The maximum absolute atomic E-state index is 5.88. The first-order valence-corrected chi connectivity index (χ1v) is 7.73. The summed E-state index contributed by atoms with van der Waals surface area (Å²) in [4.78, 5) is 9.88. The number of hydrogen-bond acceptors (Lipinski definition) is 4. The minimum atomic E-state index is 0.253. The van der Waals surface area contributed by atoms with Gasteiger partial charge < -0.3 is 10.6 Å². The molecule has 0 aromatic carbocycles. The highest BCUT2D eigenvalue weighted by Crippen LogP contribution is 2.16. The van der Waals surface area contributed by atoms with E-state index >= 15 is 0 Å². The highest BCUT2D eigenvalue weighted by Gasteiger charge is 2.25. The van der Waals surface area contributed by atoms with Crippen LogP contribution in [0.3, 0.4) is 0 Å². The Kier molecular flexibility index (Phi) is 5.31. The van der Waals surface area contributed by atoms with E-state index in [9.17, 15) is 0 Å². The van der Waals surface area contributed by atoms with Crippen LogP contribution in [0.1, 0.15) is 25.3 Å². The predicted molar refractivity (Wildman–Crippen MR) is 88.2 cm³/mol. The van der Waals surface area contributed by atoms with Gasteiger partial charge in [0.2, 0.25) is 0 Å². The molecule has 1 fully saturated rings. The summed E-state index contributed by atoms with van der Waals surface area (Å²) in [5, 5.41) is 0. The number of rotatable bonds is 5. The summed E-state index contributed by atoms with van der Waals surface area (Å²) in [6, 6.07) is 4.47. The second kappa shape index (κ2) is 6.99. The maximum Gasteiger partial charge on any atom is 0.128 e. The molecule has 1 saturated heterocycles. The number of hydrogen-bond donors (Lipinski definition) is 1. The van der Waals surface area contributed by atoms with Gasteiger partial charge in [-0.05, 0) is 25.0 Å². The van der Waals surface area contributed by atoms with Crippen LogP contribution in [-0.2, 0) is 0 Å². The molecule has 1 aromatic heterocycles. The van der Waals surface area contributed by atoms with Gasteiger partial charge in [0.15, 0.2) is 0 Å². The highest BCUT2D eigenvalue weighted by atomic mass is 32.1. The van der Waals surface area contributed by atoms with E-state index in [0.29, 0.717) is 4.99 Å². The number of pyridine rings is 1. The summed E-state index contributed by atoms with van der Waals surface area (Å²) in [5.41, 5.74) is 7.08. The first-order chi connectivity index (χ1) is 9.61. The van der Waals surface area contributed by atoms with Crippen LogP contribution in [0, 0.1) is 6.92 Å². The summed E-state index contributed by atoms with van der Waals surface area (Å²) in [7, 11) is 0. The Morgan fingerprint density at radius 2 is 2.05 bits per heavy atom. The number of aromatic nitrogens is 1. The third kappa shape index (κ3) is 3.67. The van der Waals surface area contributed by atoms with E-state index in [1.165, 1.54) is 5.56 Å². The van der Waals surface area contributed by atoms with E-state index in [0.717, 1.165) is 44.8 Å². The van der Waals surface area contributed by atoms with Gasteiger partial charge in [-0.15, -0.1) is 0 Å². The van der Waals surface area contributed by atoms with Gasteiger partial charge >= 0.3 is 0 Å². The van der Waals surface area contributed by atoms with Gasteiger partial charge in [-0.3, -0.25) is 4.90 Å². The minimum absolute atomic E-state index is 0.253. The average Bonchev–Trinajstić information content (AvgIpc) is 2.45. The molecule has 4 nitrogen and oxygen atoms in total. The van der Waals surface area contributed by atoms with Crippen molar-refractivity contribution >= 4 is 23.0 Å². The smallest absolute Gasteiger partial charge is 0.128 e. The number of piperazine rings is 1. The maximum atomic E-state index is 5.88. The summed E-state index contributed by atoms with van der Waals surface area (Å²) in [6.07, 6.45) is 4.09. The normalized spacial score (nSPS) is 18.0. The molecule has 0 spiro atoms. The fourth-order valence-electron chi connectivity index (χ4n) is 2.69. The zero-order chi connectivity index (χ0) is 14.5. The molecule has 1 aromatic rings. The standard InChI is InChI=1S/C15H24N4S/c1-3-4-13(15(16)20)18-7-9-19(10-8-18)14-6-5-12(2)11-17-14/h5-6,11,13H,3-4,7-10H2,1-2H3,(H2,16,20). The van der Waals surface area contributed by atoms with Gasteiger partial charge in [0.25, 0.3) is 0 Å². The molecular weight excluding hydrogens is 268 g/mol. The topological polar surface area (TPSA) is 45.4 Å². The zero-order valence-corrected chi connectivity index (χ0v) is 13.2. The number of aryl methyl sites for hydroxylation is 1. The van der Waals surface area contributed by atoms with E-state index in [-0.39, 0.29) is 6.04 Å². The van der Waals surface area contributed by atoms with Crippen molar-refractivity contribution in [1.82, 2.24) is 9.88 Å². The van der Waals surface area contributed by atoms with Crippen LogP contribution in [0.2, 0.25) is 0 Å². The Bertz CT molecular complexity index is 438. The molecule has 110 valence electrons. The third-order valence-corrected chi connectivity index (χ3v) is 4.14. The summed E-state index contributed by atoms with van der Waals surface area (Å²) in [5.74, 6) is 1.07. The van der Waals surface area contributed by atoms with Crippen LogP contribution in [0.15, 0.2) is 18.3 Å². The Hall–Kier alpha value is -1.20. The molecule has 0 radical (unpaired) electrons. The lowest BCUT2D eigenvalue weighted by Gasteiger charge is -2.39. The summed E-state index contributed by atoms with van der Waals surface area (Å²) >= 11 is 5.21. The Labute approximate surface area is 127 Å². The molecule has 2 rings (SSSR count). The fourth-order valence-corrected chi connectivity index (χ4v) is 2.95. The monoisotopic (exact) mass is 292 g/mol. The quantitative estimate of drug-likeness (QED) is 0.841. The molecule has 1 atom stereocenters. The molecule has 1 aliphatic rings. The lowest BCUT2D eigenvalue weighted by molar-refractivity contribution is 0.219. The van der Waals surface area contributed by atoms with Crippen LogP contribution in [-0.4, -0.2) is 47.1 Å². The lowest BCUT2D eigenvalue weighted by atomic mass is 10.1. The van der Waals surface area contributed by atoms with E-state index in [1.54, 1.807) is 0 Å². The molecule has 0 amide bonds. The molecule has 0 aliphatic carbocycles. The molecule has 1 aliphatic heterocycles. The van der Waals surface area contributed by atoms with Crippen molar-refractivity contribution in [3.8, 4) is 0 Å². The first-order valence-electron chi connectivity index (χ1n) is 7.32. The third-order valence-electron chi connectivity index (χ3n) is 3.87. The first kappa shape index (κ1) is 15.2.